The lowest BCUT2D eigenvalue weighted by Crippen LogP contribution is -2.45. The van der Waals surface area contributed by atoms with Gasteiger partial charge in [-0.3, -0.25) is 4.90 Å². The van der Waals surface area contributed by atoms with Crippen molar-refractivity contribution in [3.63, 3.8) is 0 Å². The van der Waals surface area contributed by atoms with E-state index in [1.807, 2.05) is 26.8 Å². The van der Waals surface area contributed by atoms with Gasteiger partial charge in [0.15, 0.2) is 8.32 Å². The third kappa shape index (κ3) is 7.09. The molecule has 1 N–H and O–H groups in total. The number of ether oxygens (including phenoxy) is 1. The smallest absolute Gasteiger partial charge is 0.410 e. The van der Waals surface area contributed by atoms with Crippen LogP contribution in [0.15, 0.2) is 18.2 Å². The van der Waals surface area contributed by atoms with Gasteiger partial charge in [0.05, 0.1) is 18.8 Å². The summed E-state index contributed by atoms with van der Waals surface area (Å²) < 4.78 is 18.2. The third-order valence-corrected chi connectivity index (χ3v) is 13.5. The van der Waals surface area contributed by atoms with Crippen molar-refractivity contribution in [2.75, 3.05) is 6.54 Å². The van der Waals surface area contributed by atoms with Crippen LogP contribution in [-0.4, -0.2) is 59.2 Å². The largest absolute Gasteiger partial charge is 0.444 e. The zero-order valence-electron chi connectivity index (χ0n) is 27.6. The minimum Gasteiger partial charge on any atom is -0.444 e. The molecule has 41 heavy (non-hydrogen) atoms. The lowest BCUT2D eigenvalue weighted by atomic mass is 9.75. The van der Waals surface area contributed by atoms with Gasteiger partial charge >= 0.3 is 6.09 Å². The van der Waals surface area contributed by atoms with Crippen LogP contribution in [0.4, 0.5) is 4.79 Å². The highest BCUT2D eigenvalue weighted by Gasteiger charge is 2.47. The first-order valence-corrected chi connectivity index (χ1v) is 18.1. The van der Waals surface area contributed by atoms with Gasteiger partial charge in [0.25, 0.3) is 0 Å². The second-order valence-electron chi connectivity index (χ2n) is 15.3. The van der Waals surface area contributed by atoms with Gasteiger partial charge in [-0.1, -0.05) is 59.7 Å². The summed E-state index contributed by atoms with van der Waals surface area (Å²) >= 11 is 0. The number of carbonyl (C=O) groups excluding carboxylic acids is 1. The molecule has 1 fully saturated rings. The molecule has 1 aliphatic heterocycles. The summed E-state index contributed by atoms with van der Waals surface area (Å²) in [6, 6.07) is 5.73. The van der Waals surface area contributed by atoms with Crippen molar-refractivity contribution in [3.8, 4) is 0 Å². The van der Waals surface area contributed by atoms with E-state index in [2.05, 4.69) is 91.1 Å². The minimum absolute atomic E-state index is 0.0221. The van der Waals surface area contributed by atoms with Crippen LogP contribution in [0.1, 0.15) is 103 Å². The third-order valence-electron chi connectivity index (χ3n) is 8.79. The number of amides is 1. The number of fused-ring (bicyclic) bond motifs is 1. The molecular weight excluding hydrogens is 547 g/mol. The Morgan fingerprint density at radius 3 is 2.22 bits per heavy atom. The van der Waals surface area contributed by atoms with Gasteiger partial charge in [0, 0.05) is 6.54 Å². The van der Waals surface area contributed by atoms with E-state index in [0.717, 1.165) is 33.0 Å². The fourth-order valence-electron chi connectivity index (χ4n) is 5.99. The van der Waals surface area contributed by atoms with Crippen molar-refractivity contribution >= 4 is 35.7 Å². The number of aliphatic hydroxyl groups is 1. The molecule has 1 heterocycles. The van der Waals surface area contributed by atoms with Crippen LogP contribution in [0.25, 0.3) is 10.8 Å². The topological polar surface area (TPSA) is 68.2 Å². The van der Waals surface area contributed by atoms with Gasteiger partial charge in [-0.05, 0) is 103 Å². The fourth-order valence-corrected chi connectivity index (χ4v) is 7.49. The van der Waals surface area contributed by atoms with Crippen LogP contribution in [0.5, 0.6) is 0 Å². The molecule has 1 saturated heterocycles. The number of hydrogen-bond donors (Lipinski definition) is 1. The summed E-state index contributed by atoms with van der Waals surface area (Å²) in [5, 5.41) is 14.5. The van der Waals surface area contributed by atoms with E-state index in [1.54, 1.807) is 4.90 Å². The number of rotatable bonds is 6. The van der Waals surface area contributed by atoms with Gasteiger partial charge in [-0.25, -0.2) is 4.79 Å². The maximum atomic E-state index is 13.6. The molecule has 3 radical (unpaired) electrons. The summed E-state index contributed by atoms with van der Waals surface area (Å²) in [4.78, 5) is 15.3. The molecule has 3 atom stereocenters. The number of aryl methyl sites for hydroxylation is 1. The van der Waals surface area contributed by atoms with Gasteiger partial charge < -0.3 is 18.7 Å². The first kappa shape index (κ1) is 33.8. The number of hydrogen-bond acceptors (Lipinski definition) is 5. The van der Waals surface area contributed by atoms with E-state index >= 15 is 0 Å². The van der Waals surface area contributed by atoms with E-state index in [0.29, 0.717) is 13.0 Å². The Bertz CT molecular complexity index is 1270. The van der Waals surface area contributed by atoms with E-state index in [9.17, 15) is 9.90 Å². The van der Waals surface area contributed by atoms with Crippen LogP contribution in [0.3, 0.4) is 0 Å². The molecule has 6 nitrogen and oxygen atoms in total. The highest BCUT2D eigenvalue weighted by molar-refractivity contribution is 6.74. The lowest BCUT2D eigenvalue weighted by molar-refractivity contribution is 0.00442. The predicted octanol–water partition coefficient (Wildman–Crippen LogP) is 7.79. The number of likely N-dealkylation sites (tertiary alicyclic amines) is 1. The highest BCUT2D eigenvalue weighted by atomic mass is 28.4. The zero-order chi connectivity index (χ0) is 31.3. The fraction of sp³-hybridized carbons (Fsp3) is 0.667. The van der Waals surface area contributed by atoms with Gasteiger partial charge in [-0.15, -0.1) is 0 Å². The van der Waals surface area contributed by atoms with Gasteiger partial charge in [0.2, 0.25) is 10.5 Å². The predicted molar refractivity (Wildman–Crippen MR) is 171 cm³/mol. The second-order valence-corrected chi connectivity index (χ2v) is 20.4. The van der Waals surface area contributed by atoms with E-state index < -0.39 is 32.2 Å². The van der Waals surface area contributed by atoms with Crippen molar-refractivity contribution in [3.05, 3.63) is 46.0 Å². The first-order chi connectivity index (χ1) is 18.6. The van der Waals surface area contributed by atoms with Crippen LogP contribution >= 0.6 is 0 Å². The molecule has 2 aromatic rings. The Labute approximate surface area is 252 Å². The number of carbonyl (C=O) groups is 1. The molecule has 0 saturated carbocycles. The van der Waals surface area contributed by atoms with E-state index in [-0.39, 0.29) is 23.2 Å². The van der Waals surface area contributed by atoms with Crippen molar-refractivity contribution in [2.45, 2.75) is 137 Å². The Morgan fingerprint density at radius 1 is 1.10 bits per heavy atom. The number of nitrogens with zero attached hydrogens (tertiary/aromatic N) is 1. The van der Waals surface area contributed by atoms with E-state index in [4.69, 9.17) is 13.6 Å². The Morgan fingerprint density at radius 2 is 1.71 bits per heavy atom. The van der Waals surface area contributed by atoms with Crippen molar-refractivity contribution in [2.24, 2.45) is 0 Å². The molecule has 3 rings (SSSR count). The molecule has 2 aromatic carbocycles. The van der Waals surface area contributed by atoms with Crippen molar-refractivity contribution in [1.29, 1.82) is 0 Å². The van der Waals surface area contributed by atoms with Crippen molar-refractivity contribution in [1.82, 2.24) is 4.90 Å². The molecule has 1 unspecified atom stereocenters. The standard InChI is InChI=1S/C33H52NO5Si2/c1-20-15-14-16-23-26(20)28(31(3,4)5)21(2)24(19-37-40)27(23)29(35)25-17-22(39-41(12,13)33(9,10)11)18-34(25)30(36)38-32(6,7)8/h14-16,22,25,29,35H,17-19H2,1-13H3/t22-,25+,29?/m1/s1. The van der Waals surface area contributed by atoms with Crippen LogP contribution in [0.2, 0.25) is 18.1 Å². The maximum absolute atomic E-state index is 13.6. The molecule has 0 aliphatic carbocycles. The molecular formula is C33H52NO5Si2. The summed E-state index contributed by atoms with van der Waals surface area (Å²) in [5.74, 6) is 0. The lowest BCUT2D eigenvalue weighted by Gasteiger charge is -2.38. The van der Waals surface area contributed by atoms with E-state index in [1.165, 1.54) is 5.56 Å². The minimum atomic E-state index is -2.12. The summed E-state index contributed by atoms with van der Waals surface area (Å²) in [6.07, 6.45) is -1.07. The number of benzene rings is 2. The van der Waals surface area contributed by atoms with Crippen LogP contribution in [0, 0.1) is 13.8 Å². The molecule has 1 amide bonds. The monoisotopic (exact) mass is 598 g/mol. The van der Waals surface area contributed by atoms with Crippen LogP contribution in [-0.2, 0) is 25.6 Å². The van der Waals surface area contributed by atoms with Gasteiger partial charge in [-0.2, -0.15) is 0 Å². The Balaban J connectivity index is 2.23. The van der Waals surface area contributed by atoms with Crippen LogP contribution < -0.4 is 0 Å². The molecule has 0 bridgehead atoms. The maximum Gasteiger partial charge on any atom is 0.410 e. The first-order valence-electron chi connectivity index (χ1n) is 14.8. The average molecular weight is 599 g/mol. The summed E-state index contributed by atoms with van der Waals surface area (Å²) in [6.45, 7) is 28.3. The number of aliphatic hydroxyl groups excluding tert-OH is 1. The molecule has 227 valence electrons. The second kappa shape index (κ2) is 11.8. The summed E-state index contributed by atoms with van der Waals surface area (Å²) in [5.41, 5.74) is 4.46. The van der Waals surface area contributed by atoms with Gasteiger partial charge in [0.1, 0.15) is 11.7 Å². The van der Waals surface area contributed by atoms with Crippen molar-refractivity contribution < 1.29 is 23.5 Å². The zero-order valence-corrected chi connectivity index (χ0v) is 29.6. The molecule has 1 aliphatic rings. The summed E-state index contributed by atoms with van der Waals surface area (Å²) in [7, 11) is 1.12. The normalized spacial score (nSPS) is 19.6. The Kier molecular flexibility index (Phi) is 9.69. The molecule has 0 aromatic heterocycles. The average Bonchev–Trinajstić information content (AvgIpc) is 3.20. The highest BCUT2D eigenvalue weighted by Crippen LogP contribution is 2.45. The Hall–Kier alpha value is -1.72. The quantitative estimate of drug-likeness (QED) is 0.344. The SMILES string of the molecule is Cc1c(CO[Si])c(C(O)[C@@H]2C[C@@H](O[Si](C)(C)C(C)(C)C)CN2C(=O)OC(C)(C)C)c2cccc(C)c2c1C(C)(C)C. The molecule has 8 heteroatoms. The molecule has 0 spiro atoms.